The SMILES string of the molecule is Cc1ccc(F)c(C(=O)NC2CCCCNC2)c1. The van der Waals surface area contributed by atoms with Gasteiger partial charge in [-0.3, -0.25) is 4.79 Å². The molecule has 1 aliphatic heterocycles. The van der Waals surface area contributed by atoms with E-state index in [9.17, 15) is 9.18 Å². The molecular formula is C14H19FN2O. The van der Waals surface area contributed by atoms with Crippen molar-refractivity contribution in [2.24, 2.45) is 0 Å². The molecule has 0 radical (unpaired) electrons. The summed E-state index contributed by atoms with van der Waals surface area (Å²) >= 11 is 0. The largest absolute Gasteiger partial charge is 0.348 e. The van der Waals surface area contributed by atoms with Crippen LogP contribution in [0.1, 0.15) is 35.2 Å². The Bertz CT molecular complexity index is 426. The Morgan fingerprint density at radius 1 is 1.44 bits per heavy atom. The third kappa shape index (κ3) is 3.29. The van der Waals surface area contributed by atoms with E-state index in [-0.39, 0.29) is 17.5 Å². The van der Waals surface area contributed by atoms with Crippen LogP contribution in [0, 0.1) is 12.7 Å². The molecule has 3 nitrogen and oxygen atoms in total. The molecule has 1 heterocycles. The van der Waals surface area contributed by atoms with Gasteiger partial charge < -0.3 is 10.6 Å². The maximum Gasteiger partial charge on any atom is 0.254 e. The molecular weight excluding hydrogens is 231 g/mol. The van der Waals surface area contributed by atoms with E-state index in [1.165, 1.54) is 6.07 Å². The van der Waals surface area contributed by atoms with Crippen molar-refractivity contribution in [2.45, 2.75) is 32.2 Å². The Morgan fingerprint density at radius 3 is 3.11 bits per heavy atom. The first-order chi connectivity index (χ1) is 8.66. The Hall–Kier alpha value is -1.42. The molecule has 1 amide bonds. The van der Waals surface area contributed by atoms with Gasteiger partial charge in [0.1, 0.15) is 5.82 Å². The lowest BCUT2D eigenvalue weighted by Gasteiger charge is -2.16. The van der Waals surface area contributed by atoms with Crippen molar-refractivity contribution in [3.05, 3.63) is 35.1 Å². The van der Waals surface area contributed by atoms with E-state index in [0.717, 1.165) is 37.9 Å². The zero-order chi connectivity index (χ0) is 13.0. The minimum absolute atomic E-state index is 0.0971. The monoisotopic (exact) mass is 250 g/mol. The summed E-state index contributed by atoms with van der Waals surface area (Å²) in [6.45, 7) is 3.60. The van der Waals surface area contributed by atoms with Gasteiger partial charge >= 0.3 is 0 Å². The lowest BCUT2D eigenvalue weighted by Crippen LogP contribution is -2.41. The van der Waals surface area contributed by atoms with E-state index in [4.69, 9.17) is 0 Å². The molecule has 0 bridgehead atoms. The second-order valence-electron chi connectivity index (χ2n) is 4.85. The first-order valence-electron chi connectivity index (χ1n) is 6.44. The highest BCUT2D eigenvalue weighted by atomic mass is 19.1. The van der Waals surface area contributed by atoms with Crippen molar-refractivity contribution in [2.75, 3.05) is 13.1 Å². The second-order valence-corrected chi connectivity index (χ2v) is 4.85. The van der Waals surface area contributed by atoms with Crippen molar-refractivity contribution in [1.29, 1.82) is 0 Å². The van der Waals surface area contributed by atoms with Crippen molar-refractivity contribution in [3.8, 4) is 0 Å². The fourth-order valence-electron chi connectivity index (χ4n) is 2.22. The molecule has 4 heteroatoms. The van der Waals surface area contributed by atoms with Crippen molar-refractivity contribution >= 4 is 5.91 Å². The van der Waals surface area contributed by atoms with E-state index in [2.05, 4.69) is 10.6 Å². The summed E-state index contributed by atoms with van der Waals surface area (Å²) in [5.74, 6) is -0.774. The summed E-state index contributed by atoms with van der Waals surface area (Å²) < 4.78 is 13.6. The number of carbonyl (C=O) groups excluding carboxylic acids is 1. The molecule has 1 saturated heterocycles. The zero-order valence-electron chi connectivity index (χ0n) is 10.6. The maximum atomic E-state index is 13.6. The fraction of sp³-hybridized carbons (Fsp3) is 0.500. The zero-order valence-corrected chi connectivity index (χ0v) is 10.6. The van der Waals surface area contributed by atoms with Crippen molar-refractivity contribution in [3.63, 3.8) is 0 Å². The molecule has 18 heavy (non-hydrogen) atoms. The van der Waals surface area contributed by atoms with Crippen LogP contribution in [0.5, 0.6) is 0 Å². The van der Waals surface area contributed by atoms with Crippen LogP contribution in [0.4, 0.5) is 4.39 Å². The van der Waals surface area contributed by atoms with Gasteiger partial charge in [0, 0.05) is 12.6 Å². The Morgan fingerprint density at radius 2 is 2.28 bits per heavy atom. The van der Waals surface area contributed by atoms with Crippen LogP contribution in [0.3, 0.4) is 0 Å². The summed E-state index contributed by atoms with van der Waals surface area (Å²) in [5, 5.41) is 6.17. The van der Waals surface area contributed by atoms with Crippen LogP contribution < -0.4 is 10.6 Å². The second kappa shape index (κ2) is 5.96. The van der Waals surface area contributed by atoms with Gasteiger partial charge in [-0.25, -0.2) is 4.39 Å². The van der Waals surface area contributed by atoms with Crippen LogP contribution >= 0.6 is 0 Å². The molecule has 0 aromatic heterocycles. The van der Waals surface area contributed by atoms with E-state index < -0.39 is 5.82 Å². The number of rotatable bonds is 2. The topological polar surface area (TPSA) is 41.1 Å². The molecule has 1 fully saturated rings. The molecule has 1 atom stereocenters. The van der Waals surface area contributed by atoms with Crippen LogP contribution in [0.2, 0.25) is 0 Å². The van der Waals surface area contributed by atoms with Crippen LogP contribution in [0.25, 0.3) is 0 Å². The number of aryl methyl sites for hydroxylation is 1. The third-order valence-electron chi connectivity index (χ3n) is 3.25. The van der Waals surface area contributed by atoms with Crippen molar-refractivity contribution in [1.82, 2.24) is 10.6 Å². The molecule has 2 rings (SSSR count). The number of hydrogen-bond acceptors (Lipinski definition) is 2. The summed E-state index contributed by atoms with van der Waals surface area (Å²) in [6, 6.07) is 4.70. The lowest BCUT2D eigenvalue weighted by atomic mass is 10.1. The molecule has 1 aromatic rings. The number of hydrogen-bond donors (Lipinski definition) is 2. The third-order valence-corrected chi connectivity index (χ3v) is 3.25. The number of nitrogens with one attached hydrogen (secondary N) is 2. The van der Waals surface area contributed by atoms with Crippen molar-refractivity contribution < 1.29 is 9.18 Å². The van der Waals surface area contributed by atoms with E-state index in [0.29, 0.717) is 0 Å². The minimum atomic E-state index is -0.459. The van der Waals surface area contributed by atoms with Gasteiger partial charge in [0.2, 0.25) is 0 Å². The Labute approximate surface area is 107 Å². The van der Waals surface area contributed by atoms with Gasteiger partial charge in [0.15, 0.2) is 0 Å². The maximum absolute atomic E-state index is 13.6. The molecule has 1 aliphatic rings. The molecule has 0 aliphatic carbocycles. The summed E-state index contributed by atoms with van der Waals surface area (Å²) in [4.78, 5) is 12.0. The first kappa shape index (κ1) is 13.0. The number of halogens is 1. The van der Waals surface area contributed by atoms with Gasteiger partial charge in [-0.2, -0.15) is 0 Å². The standard InChI is InChI=1S/C14H19FN2O/c1-10-5-6-13(15)12(8-10)14(18)17-11-4-2-3-7-16-9-11/h5-6,8,11,16H,2-4,7,9H2,1H3,(H,17,18). The molecule has 0 spiro atoms. The average Bonchev–Trinajstić information content (AvgIpc) is 2.61. The van der Waals surface area contributed by atoms with Crippen LogP contribution in [0.15, 0.2) is 18.2 Å². The van der Waals surface area contributed by atoms with Gasteiger partial charge in [-0.05, 0) is 38.4 Å². The van der Waals surface area contributed by atoms with E-state index >= 15 is 0 Å². The van der Waals surface area contributed by atoms with E-state index in [1.54, 1.807) is 12.1 Å². The quantitative estimate of drug-likeness (QED) is 0.843. The smallest absolute Gasteiger partial charge is 0.254 e. The molecule has 0 saturated carbocycles. The summed E-state index contributed by atoms with van der Waals surface area (Å²) in [6.07, 6.45) is 3.17. The predicted octanol–water partition coefficient (Wildman–Crippen LogP) is 2.01. The van der Waals surface area contributed by atoms with Crippen LogP contribution in [-0.2, 0) is 0 Å². The normalized spacial score (nSPS) is 20.2. The van der Waals surface area contributed by atoms with Gasteiger partial charge in [-0.1, -0.05) is 18.1 Å². The minimum Gasteiger partial charge on any atom is -0.348 e. The van der Waals surface area contributed by atoms with Gasteiger partial charge in [-0.15, -0.1) is 0 Å². The first-order valence-corrected chi connectivity index (χ1v) is 6.44. The fourth-order valence-corrected chi connectivity index (χ4v) is 2.22. The number of benzene rings is 1. The summed E-state index contributed by atoms with van der Waals surface area (Å²) in [5.41, 5.74) is 1.03. The highest BCUT2D eigenvalue weighted by molar-refractivity contribution is 5.94. The molecule has 1 aromatic carbocycles. The highest BCUT2D eigenvalue weighted by Crippen LogP contribution is 2.11. The van der Waals surface area contributed by atoms with Gasteiger partial charge in [0.05, 0.1) is 5.56 Å². The molecule has 1 unspecified atom stereocenters. The number of carbonyl (C=O) groups is 1. The molecule has 98 valence electrons. The number of amides is 1. The average molecular weight is 250 g/mol. The Balaban J connectivity index is 2.04. The van der Waals surface area contributed by atoms with Crippen LogP contribution in [-0.4, -0.2) is 25.0 Å². The van der Waals surface area contributed by atoms with E-state index in [1.807, 2.05) is 6.92 Å². The molecule has 2 N–H and O–H groups in total. The summed E-state index contributed by atoms with van der Waals surface area (Å²) in [7, 11) is 0. The van der Waals surface area contributed by atoms with Gasteiger partial charge in [0.25, 0.3) is 5.91 Å². The highest BCUT2D eigenvalue weighted by Gasteiger charge is 2.17. The lowest BCUT2D eigenvalue weighted by molar-refractivity contribution is 0.0931. The Kier molecular flexibility index (Phi) is 4.31. The predicted molar refractivity (Wildman–Crippen MR) is 69.1 cm³/mol.